The van der Waals surface area contributed by atoms with E-state index in [4.69, 9.17) is 4.74 Å². The fourth-order valence-electron chi connectivity index (χ4n) is 3.05. The Labute approximate surface area is 172 Å². The number of halogens is 1. The lowest BCUT2D eigenvalue weighted by Gasteiger charge is -2.20. The molecule has 25 heavy (non-hydrogen) atoms. The number of likely N-dealkylation sites (N-methyl/N-ethyl adjacent to an activating group) is 1. The van der Waals surface area contributed by atoms with Crippen molar-refractivity contribution in [1.82, 2.24) is 20.4 Å². The van der Waals surface area contributed by atoms with Crippen molar-refractivity contribution in [3.63, 3.8) is 0 Å². The van der Waals surface area contributed by atoms with Crippen molar-refractivity contribution in [2.45, 2.75) is 38.5 Å². The van der Waals surface area contributed by atoms with Gasteiger partial charge in [0, 0.05) is 46.9 Å². The maximum atomic E-state index is 5.08. The topological polar surface area (TPSA) is 52.1 Å². The van der Waals surface area contributed by atoms with Crippen LogP contribution in [0.4, 0.5) is 0 Å². The molecule has 0 aromatic heterocycles. The smallest absolute Gasteiger partial charge is 0.191 e. The number of guanidine groups is 1. The number of ether oxygens (including phenoxy) is 1. The molecule has 0 unspecified atom stereocenters. The molecule has 0 spiro atoms. The van der Waals surface area contributed by atoms with Crippen LogP contribution in [0.15, 0.2) is 4.99 Å². The van der Waals surface area contributed by atoms with Crippen LogP contribution in [0.1, 0.15) is 38.5 Å². The molecule has 0 aromatic carbocycles. The third-order valence-electron chi connectivity index (χ3n) is 4.54. The number of aliphatic imine (C=N–C) groups is 1. The third kappa shape index (κ3) is 13.7. The van der Waals surface area contributed by atoms with Crippen molar-refractivity contribution in [3.8, 4) is 0 Å². The van der Waals surface area contributed by atoms with Crippen LogP contribution in [-0.4, -0.2) is 89.4 Å². The lowest BCUT2D eigenvalue weighted by molar-refractivity contribution is 0.180. The number of likely N-dealkylation sites (tertiary alicyclic amines) is 1. The first-order chi connectivity index (χ1) is 11.8. The molecule has 1 aliphatic rings. The fourth-order valence-corrected chi connectivity index (χ4v) is 3.05. The van der Waals surface area contributed by atoms with Gasteiger partial charge < -0.3 is 25.2 Å². The van der Waals surface area contributed by atoms with Crippen LogP contribution in [-0.2, 0) is 4.74 Å². The highest BCUT2D eigenvalue weighted by Crippen LogP contribution is 2.09. The van der Waals surface area contributed by atoms with Crippen molar-refractivity contribution in [2.75, 3.05) is 73.6 Å². The van der Waals surface area contributed by atoms with Gasteiger partial charge in [0.05, 0.1) is 0 Å². The Hall–Kier alpha value is -0.120. The average molecular weight is 469 g/mol. The zero-order valence-electron chi connectivity index (χ0n) is 16.6. The van der Waals surface area contributed by atoms with Crippen molar-refractivity contribution in [3.05, 3.63) is 0 Å². The van der Waals surface area contributed by atoms with Gasteiger partial charge >= 0.3 is 0 Å². The molecule has 6 nitrogen and oxygen atoms in total. The Morgan fingerprint density at radius 1 is 1.04 bits per heavy atom. The molecule has 7 heteroatoms. The number of methoxy groups -OCH3 is 1. The van der Waals surface area contributed by atoms with Crippen LogP contribution in [0.5, 0.6) is 0 Å². The monoisotopic (exact) mass is 469 g/mol. The molecule has 150 valence electrons. The van der Waals surface area contributed by atoms with Crippen LogP contribution < -0.4 is 10.6 Å². The third-order valence-corrected chi connectivity index (χ3v) is 4.54. The van der Waals surface area contributed by atoms with E-state index in [-0.39, 0.29) is 24.0 Å². The van der Waals surface area contributed by atoms with E-state index >= 15 is 0 Å². The Bertz CT molecular complexity index is 323. The van der Waals surface area contributed by atoms with Crippen LogP contribution in [0, 0.1) is 0 Å². The summed E-state index contributed by atoms with van der Waals surface area (Å²) in [5, 5.41) is 6.82. The van der Waals surface area contributed by atoms with Gasteiger partial charge in [-0.05, 0) is 52.4 Å². The largest absolute Gasteiger partial charge is 0.385 e. The summed E-state index contributed by atoms with van der Waals surface area (Å²) < 4.78 is 5.08. The number of hydrogen-bond donors (Lipinski definition) is 2. The first-order valence-electron chi connectivity index (χ1n) is 9.60. The van der Waals surface area contributed by atoms with Gasteiger partial charge in [-0.2, -0.15) is 0 Å². The molecule has 0 aliphatic carbocycles. The first-order valence-corrected chi connectivity index (χ1v) is 9.60. The lowest BCUT2D eigenvalue weighted by Crippen LogP contribution is -2.42. The summed E-state index contributed by atoms with van der Waals surface area (Å²) in [7, 11) is 5.74. The average Bonchev–Trinajstić information content (AvgIpc) is 2.86. The summed E-state index contributed by atoms with van der Waals surface area (Å²) in [5.74, 6) is 0.913. The molecule has 0 saturated carbocycles. The standard InChI is InChI=1S/C18H39N5O.HI/c1-19-18(21-11-16-22(2)12-9-17-24-3)20-10-8-15-23-13-6-4-5-7-14-23;/h4-17H2,1-3H3,(H2,19,20,21);1H. The maximum Gasteiger partial charge on any atom is 0.191 e. The van der Waals surface area contributed by atoms with Crippen LogP contribution in [0.2, 0.25) is 0 Å². The second-order valence-electron chi connectivity index (χ2n) is 6.68. The highest BCUT2D eigenvalue weighted by molar-refractivity contribution is 14.0. The van der Waals surface area contributed by atoms with Crippen molar-refractivity contribution < 1.29 is 4.74 Å². The molecule has 1 saturated heterocycles. The van der Waals surface area contributed by atoms with Crippen molar-refractivity contribution >= 4 is 29.9 Å². The summed E-state index contributed by atoms with van der Waals surface area (Å²) >= 11 is 0. The molecule has 0 bridgehead atoms. The Morgan fingerprint density at radius 2 is 1.72 bits per heavy atom. The van der Waals surface area contributed by atoms with E-state index in [0.29, 0.717) is 0 Å². The number of nitrogens with one attached hydrogen (secondary N) is 2. The van der Waals surface area contributed by atoms with E-state index in [1.807, 2.05) is 7.05 Å². The predicted octanol–water partition coefficient (Wildman–Crippen LogP) is 2.00. The minimum absolute atomic E-state index is 0. The summed E-state index contributed by atoms with van der Waals surface area (Å²) in [6.07, 6.45) is 7.81. The predicted molar refractivity (Wildman–Crippen MR) is 118 cm³/mol. The number of rotatable bonds is 11. The second kappa shape index (κ2) is 17.3. The lowest BCUT2D eigenvalue weighted by atomic mass is 10.2. The Morgan fingerprint density at radius 3 is 2.36 bits per heavy atom. The highest BCUT2D eigenvalue weighted by Gasteiger charge is 2.08. The second-order valence-corrected chi connectivity index (χ2v) is 6.68. The van der Waals surface area contributed by atoms with E-state index in [1.165, 1.54) is 51.7 Å². The molecule has 0 atom stereocenters. The van der Waals surface area contributed by atoms with Gasteiger partial charge in [0.1, 0.15) is 0 Å². The fraction of sp³-hybridized carbons (Fsp3) is 0.944. The van der Waals surface area contributed by atoms with E-state index < -0.39 is 0 Å². The maximum absolute atomic E-state index is 5.08. The van der Waals surface area contributed by atoms with Crippen molar-refractivity contribution in [2.24, 2.45) is 4.99 Å². The zero-order valence-corrected chi connectivity index (χ0v) is 18.9. The summed E-state index contributed by atoms with van der Waals surface area (Å²) in [6.45, 7) is 8.57. The summed E-state index contributed by atoms with van der Waals surface area (Å²) in [4.78, 5) is 9.23. The molecule has 0 aromatic rings. The van der Waals surface area contributed by atoms with E-state index in [1.54, 1.807) is 7.11 Å². The van der Waals surface area contributed by atoms with Gasteiger partial charge in [0.2, 0.25) is 0 Å². The molecule has 1 aliphatic heterocycles. The molecule has 2 N–H and O–H groups in total. The van der Waals surface area contributed by atoms with Gasteiger partial charge in [-0.1, -0.05) is 12.8 Å². The van der Waals surface area contributed by atoms with Crippen LogP contribution >= 0.6 is 24.0 Å². The van der Waals surface area contributed by atoms with E-state index in [9.17, 15) is 0 Å². The SMILES string of the molecule is CN=C(NCCCN1CCCCCC1)NCCN(C)CCCOC.I. The summed E-state index contributed by atoms with van der Waals surface area (Å²) in [5.41, 5.74) is 0. The molecular weight excluding hydrogens is 429 g/mol. The minimum atomic E-state index is 0. The normalized spacial score (nSPS) is 16.4. The van der Waals surface area contributed by atoms with Crippen LogP contribution in [0.25, 0.3) is 0 Å². The molecule has 0 radical (unpaired) electrons. The quantitative estimate of drug-likeness (QED) is 0.210. The van der Waals surface area contributed by atoms with Gasteiger partial charge in [-0.3, -0.25) is 4.99 Å². The molecule has 1 heterocycles. The number of hydrogen-bond acceptors (Lipinski definition) is 4. The zero-order chi connectivity index (χ0) is 17.5. The molecular formula is C18H40IN5O. The van der Waals surface area contributed by atoms with E-state index in [2.05, 4.69) is 32.5 Å². The highest BCUT2D eigenvalue weighted by atomic mass is 127. The van der Waals surface area contributed by atoms with Gasteiger partial charge in [0.25, 0.3) is 0 Å². The van der Waals surface area contributed by atoms with E-state index in [0.717, 1.165) is 45.2 Å². The summed E-state index contributed by atoms with van der Waals surface area (Å²) in [6, 6.07) is 0. The van der Waals surface area contributed by atoms with Gasteiger partial charge in [0.15, 0.2) is 5.96 Å². The molecule has 0 amide bonds. The molecule has 1 fully saturated rings. The van der Waals surface area contributed by atoms with Crippen molar-refractivity contribution in [1.29, 1.82) is 0 Å². The van der Waals surface area contributed by atoms with Crippen LogP contribution in [0.3, 0.4) is 0 Å². The first kappa shape index (κ1) is 24.9. The van der Waals surface area contributed by atoms with Gasteiger partial charge in [-0.25, -0.2) is 0 Å². The number of nitrogens with zero attached hydrogens (tertiary/aromatic N) is 3. The minimum Gasteiger partial charge on any atom is -0.385 e. The molecule has 1 rings (SSSR count). The Kier molecular flexibility index (Phi) is 17.2. The van der Waals surface area contributed by atoms with Gasteiger partial charge in [-0.15, -0.1) is 24.0 Å². The Balaban J connectivity index is 0.00000576.